The number of benzene rings is 2. The summed E-state index contributed by atoms with van der Waals surface area (Å²) in [4.78, 5) is 4.49. The largest absolute Gasteiger partial charge is 0.497 e. The van der Waals surface area contributed by atoms with Crippen LogP contribution in [0.4, 0.5) is 0 Å². The Morgan fingerprint density at radius 2 is 1.88 bits per heavy atom. The molecular weight excluding hydrogens is 316 g/mol. The van der Waals surface area contributed by atoms with Gasteiger partial charge in [-0.25, -0.2) is 4.98 Å². The third kappa shape index (κ3) is 3.97. The number of nitrogens with one attached hydrogen (secondary N) is 2. The van der Waals surface area contributed by atoms with Crippen LogP contribution in [0.2, 0.25) is 0 Å². The van der Waals surface area contributed by atoms with Crippen molar-refractivity contribution < 1.29 is 9.47 Å². The van der Waals surface area contributed by atoms with Gasteiger partial charge in [-0.05, 0) is 30.7 Å². The van der Waals surface area contributed by atoms with Gasteiger partial charge < -0.3 is 9.47 Å². The van der Waals surface area contributed by atoms with E-state index in [2.05, 4.69) is 32.6 Å². The second-order valence-electron chi connectivity index (χ2n) is 5.68. The second-order valence-corrected chi connectivity index (χ2v) is 5.68. The maximum atomic E-state index is 5.46. The van der Waals surface area contributed by atoms with Gasteiger partial charge in [-0.15, -0.1) is 0 Å². The van der Waals surface area contributed by atoms with E-state index >= 15 is 0 Å². The lowest BCUT2D eigenvalue weighted by Gasteiger charge is -2.18. The van der Waals surface area contributed by atoms with Crippen molar-refractivity contribution in [3.8, 4) is 11.5 Å². The Morgan fingerprint density at radius 3 is 2.52 bits per heavy atom. The molecule has 1 atom stereocenters. The summed E-state index contributed by atoms with van der Waals surface area (Å²) in [7, 11) is 3.32. The summed E-state index contributed by atoms with van der Waals surface area (Å²) < 4.78 is 10.8. The summed E-state index contributed by atoms with van der Waals surface area (Å²) in [5, 5.41) is 10.8. The maximum absolute atomic E-state index is 5.46. The monoisotopic (exact) mass is 338 g/mol. The minimum absolute atomic E-state index is 0.123. The number of aromatic nitrogens is 3. The van der Waals surface area contributed by atoms with E-state index in [9.17, 15) is 0 Å². The molecule has 1 heterocycles. The van der Waals surface area contributed by atoms with E-state index in [1.807, 2.05) is 43.3 Å². The van der Waals surface area contributed by atoms with Crippen LogP contribution in [0.5, 0.6) is 11.5 Å². The van der Waals surface area contributed by atoms with Crippen molar-refractivity contribution in [2.75, 3.05) is 14.2 Å². The predicted molar refractivity (Wildman–Crippen MR) is 95.8 cm³/mol. The molecule has 3 aromatic rings. The second kappa shape index (κ2) is 7.81. The minimum atomic E-state index is -0.123. The number of aromatic amines is 1. The van der Waals surface area contributed by atoms with Gasteiger partial charge in [-0.2, -0.15) is 5.10 Å². The summed E-state index contributed by atoms with van der Waals surface area (Å²) in [6.07, 6.45) is 0. The van der Waals surface area contributed by atoms with Gasteiger partial charge in [0.25, 0.3) is 0 Å². The van der Waals surface area contributed by atoms with Crippen molar-refractivity contribution in [3.05, 3.63) is 71.3 Å². The first-order valence-electron chi connectivity index (χ1n) is 8.09. The third-order valence-electron chi connectivity index (χ3n) is 3.99. The van der Waals surface area contributed by atoms with E-state index in [-0.39, 0.29) is 6.04 Å². The van der Waals surface area contributed by atoms with Crippen molar-refractivity contribution in [1.29, 1.82) is 0 Å². The molecule has 25 heavy (non-hydrogen) atoms. The molecular formula is C19H22N4O2. The lowest BCUT2D eigenvalue weighted by Crippen LogP contribution is -2.23. The zero-order valence-corrected chi connectivity index (χ0v) is 14.6. The normalized spacial score (nSPS) is 12.0. The fourth-order valence-corrected chi connectivity index (χ4v) is 2.72. The summed E-state index contributed by atoms with van der Waals surface area (Å²) in [5.74, 6) is 3.11. The smallest absolute Gasteiger partial charge is 0.172 e. The van der Waals surface area contributed by atoms with Gasteiger partial charge in [0.2, 0.25) is 0 Å². The molecule has 0 aliphatic heterocycles. The quantitative estimate of drug-likeness (QED) is 0.693. The fraction of sp³-hybridized carbons (Fsp3) is 0.263. The number of hydrogen-bond donors (Lipinski definition) is 2. The first-order valence-corrected chi connectivity index (χ1v) is 8.09. The third-order valence-corrected chi connectivity index (χ3v) is 3.99. The predicted octanol–water partition coefficient (Wildman–Crippen LogP) is 3.01. The first kappa shape index (κ1) is 17.0. The number of hydrogen-bond acceptors (Lipinski definition) is 5. The number of ether oxygens (including phenoxy) is 2. The molecule has 0 amide bonds. The Kier molecular flexibility index (Phi) is 5.30. The maximum Gasteiger partial charge on any atom is 0.172 e. The molecule has 6 nitrogen and oxygen atoms in total. The molecule has 2 N–H and O–H groups in total. The molecule has 0 saturated heterocycles. The fourth-order valence-electron chi connectivity index (χ4n) is 2.72. The molecule has 1 unspecified atom stereocenters. The average Bonchev–Trinajstić information content (AvgIpc) is 3.08. The SMILES string of the molecule is COc1ccc(OC)c(CNC(c2ccccc2)c2n[nH]c(C)n2)c1. The Labute approximate surface area is 147 Å². The van der Waals surface area contributed by atoms with Gasteiger partial charge in [-0.1, -0.05) is 30.3 Å². The first-order chi connectivity index (χ1) is 12.2. The van der Waals surface area contributed by atoms with E-state index in [1.54, 1.807) is 14.2 Å². The van der Waals surface area contributed by atoms with Crippen LogP contribution in [0, 0.1) is 6.92 Å². The van der Waals surface area contributed by atoms with E-state index < -0.39 is 0 Å². The van der Waals surface area contributed by atoms with Crippen molar-refractivity contribution >= 4 is 0 Å². The summed E-state index contributed by atoms with van der Waals surface area (Å²) in [6.45, 7) is 2.48. The van der Waals surface area contributed by atoms with Crippen LogP contribution in [0.1, 0.15) is 28.8 Å². The molecule has 0 fully saturated rings. The van der Waals surface area contributed by atoms with E-state index in [0.717, 1.165) is 28.5 Å². The van der Waals surface area contributed by atoms with Gasteiger partial charge in [0.05, 0.1) is 20.3 Å². The average molecular weight is 338 g/mol. The molecule has 0 bridgehead atoms. The number of nitrogens with zero attached hydrogens (tertiary/aromatic N) is 2. The van der Waals surface area contributed by atoms with Crippen LogP contribution in [0.15, 0.2) is 48.5 Å². The Bertz CT molecular complexity index is 817. The highest BCUT2D eigenvalue weighted by Gasteiger charge is 2.18. The summed E-state index contributed by atoms with van der Waals surface area (Å²) >= 11 is 0. The molecule has 6 heteroatoms. The van der Waals surface area contributed by atoms with Gasteiger partial charge in [0, 0.05) is 12.1 Å². The number of methoxy groups -OCH3 is 2. The minimum Gasteiger partial charge on any atom is -0.497 e. The molecule has 130 valence electrons. The Balaban J connectivity index is 1.87. The van der Waals surface area contributed by atoms with E-state index in [4.69, 9.17) is 9.47 Å². The van der Waals surface area contributed by atoms with E-state index in [0.29, 0.717) is 12.4 Å². The molecule has 0 radical (unpaired) electrons. The zero-order chi connectivity index (χ0) is 17.6. The summed E-state index contributed by atoms with van der Waals surface area (Å²) in [5.41, 5.74) is 2.11. The van der Waals surface area contributed by atoms with Crippen molar-refractivity contribution in [1.82, 2.24) is 20.5 Å². The van der Waals surface area contributed by atoms with Crippen molar-refractivity contribution in [3.63, 3.8) is 0 Å². The number of H-pyrrole nitrogens is 1. The van der Waals surface area contributed by atoms with Crippen LogP contribution >= 0.6 is 0 Å². The van der Waals surface area contributed by atoms with Crippen LogP contribution in [0.25, 0.3) is 0 Å². The van der Waals surface area contributed by atoms with Gasteiger partial charge in [-0.3, -0.25) is 10.4 Å². The highest BCUT2D eigenvalue weighted by Crippen LogP contribution is 2.26. The lowest BCUT2D eigenvalue weighted by atomic mass is 10.1. The van der Waals surface area contributed by atoms with Gasteiger partial charge in [0.15, 0.2) is 5.82 Å². The van der Waals surface area contributed by atoms with Gasteiger partial charge in [0.1, 0.15) is 17.3 Å². The van der Waals surface area contributed by atoms with Crippen LogP contribution < -0.4 is 14.8 Å². The molecule has 0 aliphatic carbocycles. The molecule has 0 saturated carbocycles. The molecule has 0 spiro atoms. The number of rotatable bonds is 7. The number of aryl methyl sites for hydroxylation is 1. The van der Waals surface area contributed by atoms with Crippen molar-refractivity contribution in [2.45, 2.75) is 19.5 Å². The summed E-state index contributed by atoms with van der Waals surface area (Å²) in [6, 6.07) is 15.8. The molecule has 3 rings (SSSR count). The molecule has 1 aromatic heterocycles. The van der Waals surface area contributed by atoms with Crippen LogP contribution in [-0.2, 0) is 6.54 Å². The van der Waals surface area contributed by atoms with Crippen molar-refractivity contribution in [2.24, 2.45) is 0 Å². The molecule has 0 aliphatic rings. The van der Waals surface area contributed by atoms with E-state index in [1.165, 1.54) is 0 Å². The van der Waals surface area contributed by atoms with Gasteiger partial charge >= 0.3 is 0 Å². The topological polar surface area (TPSA) is 72.1 Å². The van der Waals surface area contributed by atoms with Crippen LogP contribution in [-0.4, -0.2) is 29.4 Å². The van der Waals surface area contributed by atoms with Crippen LogP contribution in [0.3, 0.4) is 0 Å². The zero-order valence-electron chi connectivity index (χ0n) is 14.6. The Morgan fingerprint density at radius 1 is 1.08 bits per heavy atom. The standard InChI is InChI=1S/C19H22N4O2/c1-13-21-19(23-22-13)18(14-7-5-4-6-8-14)20-12-15-11-16(24-2)9-10-17(15)25-3/h4-11,18,20H,12H2,1-3H3,(H,21,22,23). The highest BCUT2D eigenvalue weighted by molar-refractivity contribution is 5.40. The lowest BCUT2D eigenvalue weighted by molar-refractivity contribution is 0.396. The highest BCUT2D eigenvalue weighted by atomic mass is 16.5. The Hall–Kier alpha value is -2.86. The molecule has 2 aromatic carbocycles.